The van der Waals surface area contributed by atoms with E-state index in [9.17, 15) is 9.90 Å². The van der Waals surface area contributed by atoms with Crippen molar-refractivity contribution in [1.29, 1.82) is 0 Å². The van der Waals surface area contributed by atoms with Gasteiger partial charge in [-0.1, -0.05) is 123 Å². The van der Waals surface area contributed by atoms with Gasteiger partial charge in [-0.15, -0.1) is 18.0 Å². The fourth-order valence-electron chi connectivity index (χ4n) is 5.54. The van der Waals surface area contributed by atoms with Crippen molar-refractivity contribution in [3.05, 3.63) is 51.8 Å². The molecule has 0 aliphatic rings. The van der Waals surface area contributed by atoms with Crippen molar-refractivity contribution < 1.29 is 5.11 Å². The predicted octanol–water partition coefficient (Wildman–Crippen LogP) is 11.0. The molecule has 0 aliphatic heterocycles. The highest BCUT2D eigenvalue weighted by Crippen LogP contribution is 2.31. The molecule has 2 aromatic rings. The van der Waals surface area contributed by atoms with Crippen LogP contribution in [0.4, 0.5) is 11.4 Å². The van der Waals surface area contributed by atoms with E-state index in [1.54, 1.807) is 13.0 Å². The molecule has 0 spiro atoms. The van der Waals surface area contributed by atoms with Gasteiger partial charge >= 0.3 is 0 Å². The number of terminal acetylenes is 2. The van der Waals surface area contributed by atoms with Crippen molar-refractivity contribution in [2.75, 3.05) is 0 Å². The molecule has 5 heteroatoms. The van der Waals surface area contributed by atoms with Crippen molar-refractivity contribution in [3.63, 3.8) is 0 Å². The number of aryl methyl sites for hydroxylation is 2. The third-order valence-corrected chi connectivity index (χ3v) is 8.66. The van der Waals surface area contributed by atoms with E-state index in [1.807, 2.05) is 12.1 Å². The number of azo groups is 1. The first kappa shape index (κ1) is 45.5. The molecule has 5 nitrogen and oxygen atoms in total. The summed E-state index contributed by atoms with van der Waals surface area (Å²) < 4.78 is 1.46. The lowest BCUT2D eigenvalue weighted by molar-refractivity contribution is 0.340. The van der Waals surface area contributed by atoms with Crippen LogP contribution >= 0.6 is 0 Å². The molecule has 53 heavy (non-hydrogen) atoms. The van der Waals surface area contributed by atoms with Gasteiger partial charge in [0.15, 0.2) is 0 Å². The lowest BCUT2D eigenvalue weighted by Crippen LogP contribution is -2.23. The number of hydrogen-bond acceptors (Lipinski definition) is 4. The quantitative estimate of drug-likeness (QED) is 0.0797. The largest absolute Gasteiger partial charge is 0.493 e. The summed E-state index contributed by atoms with van der Waals surface area (Å²) >= 11 is 0. The molecule has 0 aliphatic carbocycles. The Morgan fingerprint density at radius 1 is 0.660 bits per heavy atom. The van der Waals surface area contributed by atoms with Gasteiger partial charge in [-0.3, -0.25) is 9.36 Å². The zero-order chi connectivity index (χ0) is 38.8. The molecule has 0 amide bonds. The molecule has 1 heterocycles. The van der Waals surface area contributed by atoms with E-state index in [0.29, 0.717) is 23.7 Å². The highest BCUT2D eigenvalue weighted by atomic mass is 16.3. The highest BCUT2D eigenvalue weighted by Gasteiger charge is 2.16. The smallest absolute Gasteiger partial charge is 0.253 e. The number of aromatic nitrogens is 1. The van der Waals surface area contributed by atoms with Gasteiger partial charge in [0.05, 0.1) is 5.69 Å². The SMILES string of the molecule is C#CC#CC#CC#CC#CC#CC#C.CCCCCCCCCCCCCCc1ccc(N=Nc2c(C)cc(=O)n(CC(CC)CCCC)c2O)cc1. The van der Waals surface area contributed by atoms with Crippen LogP contribution < -0.4 is 5.56 Å². The molecule has 0 saturated carbocycles. The van der Waals surface area contributed by atoms with Gasteiger partial charge in [0.2, 0.25) is 5.88 Å². The number of aromatic hydroxyl groups is 1. The first-order valence-electron chi connectivity index (χ1n) is 19.3. The summed E-state index contributed by atoms with van der Waals surface area (Å²) in [5, 5.41) is 19.6. The third kappa shape index (κ3) is 22.1. The van der Waals surface area contributed by atoms with Crippen LogP contribution in [0.3, 0.4) is 0 Å². The molecule has 2 rings (SSSR count). The van der Waals surface area contributed by atoms with Crippen molar-refractivity contribution in [3.8, 4) is 89.8 Å². The van der Waals surface area contributed by atoms with Gasteiger partial charge in [0, 0.05) is 12.6 Å². The van der Waals surface area contributed by atoms with Gasteiger partial charge < -0.3 is 5.11 Å². The highest BCUT2D eigenvalue weighted by molar-refractivity contribution is 5.53. The van der Waals surface area contributed by atoms with Crippen LogP contribution in [-0.4, -0.2) is 9.67 Å². The minimum Gasteiger partial charge on any atom is -0.493 e. The van der Waals surface area contributed by atoms with Gasteiger partial charge in [-0.2, -0.15) is 5.11 Å². The van der Waals surface area contributed by atoms with Crippen LogP contribution in [0.15, 0.2) is 45.4 Å². The zero-order valence-electron chi connectivity index (χ0n) is 32.5. The minimum absolute atomic E-state index is 0.0812. The van der Waals surface area contributed by atoms with Gasteiger partial charge in [0.25, 0.3) is 5.56 Å². The molecule has 0 bridgehead atoms. The number of benzene rings is 1. The lowest BCUT2D eigenvalue weighted by atomic mass is 9.99. The number of pyridine rings is 1. The van der Waals surface area contributed by atoms with E-state index in [1.165, 1.54) is 87.2 Å². The first-order chi connectivity index (χ1) is 25.9. The molecule has 1 aromatic heterocycles. The van der Waals surface area contributed by atoms with E-state index in [2.05, 4.69) is 114 Å². The Bertz CT molecular complexity index is 1810. The van der Waals surface area contributed by atoms with Crippen LogP contribution in [0.5, 0.6) is 5.88 Å². The summed E-state index contributed by atoms with van der Waals surface area (Å²) in [6.45, 7) is 8.90. The number of rotatable bonds is 21. The van der Waals surface area contributed by atoms with Gasteiger partial charge in [0.1, 0.15) is 5.69 Å². The molecule has 0 radical (unpaired) electrons. The maximum absolute atomic E-state index is 12.6. The molecule has 0 fully saturated rings. The van der Waals surface area contributed by atoms with E-state index in [4.69, 9.17) is 12.8 Å². The second-order valence-corrected chi connectivity index (χ2v) is 12.9. The summed E-state index contributed by atoms with van der Waals surface area (Å²) in [5.41, 5.74) is 2.91. The Morgan fingerprint density at radius 2 is 1.13 bits per heavy atom. The molecular formula is C48H57N3O2. The van der Waals surface area contributed by atoms with Crippen LogP contribution in [0.2, 0.25) is 0 Å². The second-order valence-electron chi connectivity index (χ2n) is 12.9. The van der Waals surface area contributed by atoms with E-state index in [-0.39, 0.29) is 11.4 Å². The molecule has 276 valence electrons. The summed E-state index contributed by atoms with van der Waals surface area (Å²) in [7, 11) is 0. The van der Waals surface area contributed by atoms with E-state index in [0.717, 1.165) is 37.8 Å². The molecule has 1 N–H and O–H groups in total. The average molecular weight is 708 g/mol. The van der Waals surface area contributed by atoms with Crippen molar-refractivity contribution in [2.24, 2.45) is 16.1 Å². The minimum atomic E-state index is -0.180. The Hall–Kier alpha value is -5.51. The summed E-state index contributed by atoms with van der Waals surface area (Å²) in [5.74, 6) is 28.6. The number of nitrogens with zero attached hydrogens (tertiary/aromatic N) is 3. The third-order valence-electron chi connectivity index (χ3n) is 8.66. The normalized spacial score (nSPS) is 10.1. The van der Waals surface area contributed by atoms with Crippen molar-refractivity contribution >= 4 is 11.4 Å². The molecule has 1 atom stereocenters. The molecule has 1 unspecified atom stereocenters. The van der Waals surface area contributed by atoms with Crippen LogP contribution in [-0.2, 0) is 13.0 Å². The average Bonchev–Trinajstić information content (AvgIpc) is 3.16. The maximum atomic E-state index is 12.6. The molecule has 1 aromatic carbocycles. The standard InChI is InChI=1S/C34H55N3O2.C14H2/c1-5-8-10-11-12-13-14-15-16-17-18-19-21-30-22-24-31(25-23-30)35-36-33-28(4)26-32(38)37(34(33)39)27-29(7-3)20-9-6-2;1-3-5-7-9-11-13-14-12-10-8-6-4-2/h22-26,29,39H,5-21,27H2,1-4H3;1-2H. The summed E-state index contributed by atoms with van der Waals surface area (Å²) in [6.07, 6.45) is 31.5. The van der Waals surface area contributed by atoms with Gasteiger partial charge in [-0.25, -0.2) is 0 Å². The summed E-state index contributed by atoms with van der Waals surface area (Å²) in [4.78, 5) is 12.6. The monoisotopic (exact) mass is 707 g/mol. The molecule has 0 saturated heterocycles. The Morgan fingerprint density at radius 3 is 1.60 bits per heavy atom. The fourth-order valence-corrected chi connectivity index (χ4v) is 5.54. The summed E-state index contributed by atoms with van der Waals surface area (Å²) in [6, 6.07) is 9.78. The molecular weight excluding hydrogens is 651 g/mol. The van der Waals surface area contributed by atoms with Crippen LogP contribution in [0.1, 0.15) is 135 Å². The van der Waals surface area contributed by atoms with Gasteiger partial charge in [-0.05, 0) is 126 Å². The topological polar surface area (TPSA) is 67.0 Å². The predicted molar refractivity (Wildman–Crippen MR) is 222 cm³/mol. The second kappa shape index (κ2) is 31.2. The van der Waals surface area contributed by atoms with E-state index >= 15 is 0 Å². The lowest BCUT2D eigenvalue weighted by Gasteiger charge is -2.18. The Kier molecular flexibility index (Phi) is 26.8. The number of unbranched alkanes of at least 4 members (excludes halogenated alkanes) is 12. The van der Waals surface area contributed by atoms with Crippen LogP contribution in [0.25, 0.3) is 0 Å². The van der Waals surface area contributed by atoms with Crippen molar-refractivity contribution in [1.82, 2.24) is 4.57 Å². The van der Waals surface area contributed by atoms with Crippen LogP contribution in [0, 0.1) is 96.7 Å². The fraction of sp³-hybridized carbons (Fsp3) is 0.479. The van der Waals surface area contributed by atoms with E-state index < -0.39 is 0 Å². The van der Waals surface area contributed by atoms with Crippen molar-refractivity contribution in [2.45, 2.75) is 143 Å². The maximum Gasteiger partial charge on any atom is 0.253 e. The Balaban J connectivity index is 0.000000845. The zero-order valence-corrected chi connectivity index (χ0v) is 32.5. The first-order valence-corrected chi connectivity index (χ1v) is 19.3. The number of hydrogen-bond donors (Lipinski definition) is 1. The Labute approximate surface area is 321 Å².